The number of nitrogens with one attached hydrogen (secondary N) is 1. The zero-order valence-corrected chi connectivity index (χ0v) is 8.50. The Hall–Kier alpha value is -0.610. The van der Waals surface area contributed by atoms with Crippen LogP contribution >= 0.6 is 0 Å². The second-order valence-corrected chi connectivity index (χ2v) is 3.66. The molecule has 0 radical (unpaired) electrons. The summed E-state index contributed by atoms with van der Waals surface area (Å²) in [6.07, 6.45) is 4.02. The maximum absolute atomic E-state index is 11.3. The lowest BCUT2D eigenvalue weighted by molar-refractivity contribution is -0.122. The van der Waals surface area contributed by atoms with Gasteiger partial charge in [0.05, 0.1) is 12.6 Å². The van der Waals surface area contributed by atoms with E-state index in [1.165, 1.54) is 0 Å². The van der Waals surface area contributed by atoms with Gasteiger partial charge in [-0.05, 0) is 25.7 Å². The van der Waals surface area contributed by atoms with Gasteiger partial charge >= 0.3 is 0 Å². The van der Waals surface area contributed by atoms with Crippen molar-refractivity contribution in [2.24, 2.45) is 0 Å². The van der Waals surface area contributed by atoms with Crippen molar-refractivity contribution in [3.05, 3.63) is 0 Å². The zero-order valence-electron chi connectivity index (χ0n) is 8.50. The molecule has 14 heavy (non-hydrogen) atoms. The van der Waals surface area contributed by atoms with Gasteiger partial charge < -0.3 is 15.2 Å². The summed E-state index contributed by atoms with van der Waals surface area (Å²) in [5, 5.41) is 11.5. The number of carbonyl (C=O) groups excluding carboxylic acids is 1. The van der Waals surface area contributed by atoms with Crippen molar-refractivity contribution in [1.82, 2.24) is 5.32 Å². The molecule has 1 amide bonds. The molecule has 0 aromatic heterocycles. The Kier molecular flexibility index (Phi) is 5.56. The van der Waals surface area contributed by atoms with Gasteiger partial charge in [0.1, 0.15) is 0 Å². The molecule has 1 unspecified atom stereocenters. The van der Waals surface area contributed by atoms with Crippen LogP contribution in [-0.2, 0) is 9.53 Å². The molecule has 0 aromatic carbocycles. The van der Waals surface area contributed by atoms with Crippen LogP contribution in [-0.4, -0.2) is 36.9 Å². The molecule has 1 saturated heterocycles. The number of unbranched alkanes of at least 4 members (excludes halogenated alkanes) is 1. The molecule has 0 saturated carbocycles. The minimum Gasteiger partial charge on any atom is -0.396 e. The van der Waals surface area contributed by atoms with Crippen LogP contribution in [0.15, 0.2) is 0 Å². The summed E-state index contributed by atoms with van der Waals surface area (Å²) in [4.78, 5) is 11.3. The first kappa shape index (κ1) is 11.5. The molecular formula is C10H19NO3. The molecule has 2 N–H and O–H groups in total. The molecule has 82 valence electrons. The largest absolute Gasteiger partial charge is 0.396 e. The van der Waals surface area contributed by atoms with Gasteiger partial charge in [0.2, 0.25) is 5.91 Å². The standard InChI is InChI=1S/C10H19NO3/c12-6-2-1-5-10(13)11-9-4-3-7-14-8-9/h9,12H,1-8H2,(H,11,13). The highest BCUT2D eigenvalue weighted by molar-refractivity contribution is 5.76. The molecular weight excluding hydrogens is 182 g/mol. The number of hydrogen-bond acceptors (Lipinski definition) is 3. The second kappa shape index (κ2) is 6.79. The Morgan fingerprint density at radius 3 is 3.00 bits per heavy atom. The van der Waals surface area contributed by atoms with Crippen LogP contribution in [0.5, 0.6) is 0 Å². The van der Waals surface area contributed by atoms with E-state index >= 15 is 0 Å². The van der Waals surface area contributed by atoms with Crippen molar-refractivity contribution in [2.45, 2.75) is 38.1 Å². The van der Waals surface area contributed by atoms with Crippen molar-refractivity contribution in [3.63, 3.8) is 0 Å². The number of amides is 1. The van der Waals surface area contributed by atoms with Crippen LogP contribution in [0.3, 0.4) is 0 Å². The van der Waals surface area contributed by atoms with E-state index in [4.69, 9.17) is 9.84 Å². The van der Waals surface area contributed by atoms with Crippen molar-refractivity contribution in [3.8, 4) is 0 Å². The summed E-state index contributed by atoms with van der Waals surface area (Å²) in [5.74, 6) is 0.0777. The topological polar surface area (TPSA) is 58.6 Å². The van der Waals surface area contributed by atoms with Crippen LogP contribution < -0.4 is 5.32 Å². The Balaban J connectivity index is 2.06. The van der Waals surface area contributed by atoms with E-state index in [-0.39, 0.29) is 18.6 Å². The Labute approximate surface area is 84.6 Å². The number of ether oxygens (including phenoxy) is 1. The Morgan fingerprint density at radius 1 is 1.50 bits per heavy atom. The first-order valence-corrected chi connectivity index (χ1v) is 5.31. The summed E-state index contributed by atoms with van der Waals surface area (Å²) in [5.41, 5.74) is 0. The van der Waals surface area contributed by atoms with Crippen molar-refractivity contribution in [2.75, 3.05) is 19.8 Å². The molecule has 1 heterocycles. The van der Waals surface area contributed by atoms with Crippen LogP contribution in [0.4, 0.5) is 0 Å². The fourth-order valence-corrected chi connectivity index (χ4v) is 1.55. The summed E-state index contributed by atoms with van der Waals surface area (Å²) < 4.78 is 5.25. The third-order valence-electron chi connectivity index (χ3n) is 2.34. The van der Waals surface area contributed by atoms with Crippen molar-refractivity contribution in [1.29, 1.82) is 0 Å². The van der Waals surface area contributed by atoms with Crippen molar-refractivity contribution < 1.29 is 14.6 Å². The molecule has 0 bridgehead atoms. The van der Waals surface area contributed by atoms with Gasteiger partial charge in [0.25, 0.3) is 0 Å². The Bertz CT molecular complexity index is 167. The fraction of sp³-hybridized carbons (Fsp3) is 0.900. The number of carbonyl (C=O) groups is 1. The Morgan fingerprint density at radius 2 is 2.36 bits per heavy atom. The predicted molar refractivity (Wildman–Crippen MR) is 52.9 cm³/mol. The van der Waals surface area contributed by atoms with E-state index in [0.717, 1.165) is 25.9 Å². The molecule has 4 heteroatoms. The molecule has 0 spiro atoms. The highest BCUT2D eigenvalue weighted by atomic mass is 16.5. The van der Waals surface area contributed by atoms with Gasteiger partial charge in [0, 0.05) is 19.6 Å². The van der Waals surface area contributed by atoms with E-state index in [1.807, 2.05) is 0 Å². The highest BCUT2D eigenvalue weighted by Gasteiger charge is 2.15. The van der Waals surface area contributed by atoms with Crippen molar-refractivity contribution >= 4 is 5.91 Å². The van der Waals surface area contributed by atoms with Gasteiger partial charge in [-0.2, -0.15) is 0 Å². The van der Waals surface area contributed by atoms with E-state index in [9.17, 15) is 4.79 Å². The summed E-state index contributed by atoms with van der Waals surface area (Å²) in [7, 11) is 0. The first-order valence-electron chi connectivity index (χ1n) is 5.31. The monoisotopic (exact) mass is 201 g/mol. The smallest absolute Gasteiger partial charge is 0.220 e. The molecule has 1 aliphatic heterocycles. The van der Waals surface area contributed by atoms with Crippen LogP contribution in [0, 0.1) is 0 Å². The van der Waals surface area contributed by atoms with Crippen LogP contribution in [0.2, 0.25) is 0 Å². The molecule has 1 aliphatic rings. The molecule has 0 aromatic rings. The normalized spacial score (nSPS) is 21.9. The maximum atomic E-state index is 11.3. The second-order valence-electron chi connectivity index (χ2n) is 3.66. The van der Waals surface area contributed by atoms with Gasteiger partial charge in [-0.15, -0.1) is 0 Å². The summed E-state index contributed by atoms with van der Waals surface area (Å²) >= 11 is 0. The van der Waals surface area contributed by atoms with Gasteiger partial charge in [-0.25, -0.2) is 0 Å². The molecule has 1 rings (SSSR count). The average molecular weight is 201 g/mol. The lowest BCUT2D eigenvalue weighted by atomic mass is 10.1. The minimum atomic E-state index is 0.0777. The number of hydrogen-bond donors (Lipinski definition) is 2. The van der Waals surface area contributed by atoms with E-state index in [1.54, 1.807) is 0 Å². The van der Waals surface area contributed by atoms with Crippen LogP contribution in [0.1, 0.15) is 32.1 Å². The van der Waals surface area contributed by atoms with Gasteiger partial charge in [-0.1, -0.05) is 0 Å². The molecule has 4 nitrogen and oxygen atoms in total. The predicted octanol–water partition coefficient (Wildman–Crippen LogP) is 0.444. The number of aliphatic hydroxyl groups excluding tert-OH is 1. The molecule has 0 aliphatic carbocycles. The lowest BCUT2D eigenvalue weighted by Gasteiger charge is -2.23. The van der Waals surface area contributed by atoms with Gasteiger partial charge in [0.15, 0.2) is 0 Å². The molecule has 1 atom stereocenters. The minimum absolute atomic E-state index is 0.0777. The maximum Gasteiger partial charge on any atom is 0.220 e. The van der Waals surface area contributed by atoms with E-state index in [2.05, 4.69) is 5.32 Å². The van der Waals surface area contributed by atoms with Crippen LogP contribution in [0.25, 0.3) is 0 Å². The third-order valence-corrected chi connectivity index (χ3v) is 2.34. The summed E-state index contributed by atoms with van der Waals surface area (Å²) in [6.45, 7) is 1.63. The highest BCUT2D eigenvalue weighted by Crippen LogP contribution is 2.06. The SMILES string of the molecule is O=C(CCCCO)NC1CCCOC1. The van der Waals surface area contributed by atoms with E-state index < -0.39 is 0 Å². The fourth-order valence-electron chi connectivity index (χ4n) is 1.55. The lowest BCUT2D eigenvalue weighted by Crippen LogP contribution is -2.40. The van der Waals surface area contributed by atoms with Gasteiger partial charge in [-0.3, -0.25) is 4.79 Å². The quantitative estimate of drug-likeness (QED) is 0.635. The molecule has 1 fully saturated rings. The van der Waals surface area contributed by atoms with E-state index in [0.29, 0.717) is 19.4 Å². The zero-order chi connectivity index (χ0) is 10.2. The third kappa shape index (κ3) is 4.58. The first-order chi connectivity index (χ1) is 6.83. The number of rotatable bonds is 5. The number of aliphatic hydroxyl groups is 1. The average Bonchev–Trinajstić information content (AvgIpc) is 2.20. The summed E-state index contributed by atoms with van der Waals surface area (Å²) in [6, 6.07) is 0.199.